The molecule has 1 aliphatic carbocycles. The molecule has 0 aromatic heterocycles. The third-order valence-electron chi connectivity index (χ3n) is 7.00. The Bertz CT molecular complexity index is 899. The summed E-state index contributed by atoms with van der Waals surface area (Å²) in [7, 11) is 3.73. The molecule has 5 nitrogen and oxygen atoms in total. The number of fused-ring (bicyclic) bond motifs is 2. The lowest BCUT2D eigenvalue weighted by atomic mass is 9.68. The highest BCUT2D eigenvalue weighted by Crippen LogP contribution is 2.50. The van der Waals surface area contributed by atoms with E-state index in [1.807, 2.05) is 0 Å². The van der Waals surface area contributed by atoms with Crippen molar-refractivity contribution in [1.82, 2.24) is 4.90 Å². The fraction of sp³-hybridized carbons (Fsp3) is 0.560. The zero-order chi connectivity index (χ0) is 21.5. The molecule has 1 aromatic carbocycles. The zero-order valence-electron chi connectivity index (χ0n) is 18.8. The van der Waals surface area contributed by atoms with E-state index in [2.05, 4.69) is 50.9 Å². The molecule has 4 rings (SSSR count). The van der Waals surface area contributed by atoms with Gasteiger partial charge < -0.3 is 14.2 Å². The smallest absolute Gasteiger partial charge is 0.231 e. The van der Waals surface area contributed by atoms with E-state index in [1.54, 1.807) is 13.2 Å². The summed E-state index contributed by atoms with van der Waals surface area (Å²) >= 11 is 0. The van der Waals surface area contributed by atoms with Crippen LogP contribution in [0, 0.1) is 11.3 Å². The number of methoxy groups -OCH3 is 1. The molecular weight excluding hydrogens is 378 g/mol. The molecule has 2 aliphatic heterocycles. The highest BCUT2D eigenvalue weighted by Gasteiger charge is 2.35. The summed E-state index contributed by atoms with van der Waals surface area (Å²) in [6, 6.07) is 2.02. The molecule has 1 aromatic rings. The van der Waals surface area contributed by atoms with Crippen LogP contribution in [0.2, 0.25) is 0 Å². The number of benzene rings is 1. The van der Waals surface area contributed by atoms with Crippen molar-refractivity contribution in [1.29, 1.82) is 0 Å². The number of carbonyl (C=O) groups excluding carboxylic acids is 1. The van der Waals surface area contributed by atoms with Gasteiger partial charge in [0.2, 0.25) is 12.5 Å². The van der Waals surface area contributed by atoms with Crippen molar-refractivity contribution in [2.24, 2.45) is 11.3 Å². The molecule has 5 heteroatoms. The largest absolute Gasteiger partial charge is 0.492 e. The van der Waals surface area contributed by atoms with Crippen LogP contribution in [0.15, 0.2) is 29.9 Å². The fourth-order valence-corrected chi connectivity index (χ4v) is 5.23. The number of ketones is 1. The Hall–Kier alpha value is -2.27. The van der Waals surface area contributed by atoms with Gasteiger partial charge in [-0.2, -0.15) is 0 Å². The minimum Gasteiger partial charge on any atom is -0.492 e. The molecule has 0 unspecified atom stereocenters. The van der Waals surface area contributed by atoms with Gasteiger partial charge in [0, 0.05) is 30.5 Å². The van der Waals surface area contributed by atoms with Crippen molar-refractivity contribution in [3.63, 3.8) is 0 Å². The van der Waals surface area contributed by atoms with Crippen LogP contribution in [0.25, 0.3) is 0 Å². The molecule has 0 spiro atoms. The highest BCUT2D eigenvalue weighted by atomic mass is 16.7. The summed E-state index contributed by atoms with van der Waals surface area (Å²) < 4.78 is 17.0. The van der Waals surface area contributed by atoms with Gasteiger partial charge in [-0.25, -0.2) is 0 Å². The fourth-order valence-electron chi connectivity index (χ4n) is 5.23. The monoisotopic (exact) mass is 411 g/mol. The van der Waals surface area contributed by atoms with E-state index >= 15 is 0 Å². The SMILES string of the molecule is COc1c2c(cc3c1[C@@H](CC(=O)/C=C/[C@H]1C(C)=CCCC1(C)C)N(C)CC3)OCO2. The van der Waals surface area contributed by atoms with Crippen molar-refractivity contribution in [3.8, 4) is 17.2 Å². The molecular formula is C25H33NO4. The van der Waals surface area contributed by atoms with Gasteiger partial charge in [0.1, 0.15) is 0 Å². The van der Waals surface area contributed by atoms with E-state index in [1.165, 1.54) is 11.1 Å². The normalized spacial score (nSPS) is 25.2. The minimum atomic E-state index is -0.0358. The number of ether oxygens (including phenoxy) is 3. The molecule has 0 N–H and O–H groups in total. The quantitative estimate of drug-likeness (QED) is 0.512. The molecule has 162 valence electrons. The lowest BCUT2D eigenvalue weighted by Gasteiger charge is -2.37. The first-order chi connectivity index (χ1) is 14.3. The van der Waals surface area contributed by atoms with Crippen LogP contribution in [-0.2, 0) is 11.2 Å². The van der Waals surface area contributed by atoms with E-state index in [0.717, 1.165) is 37.1 Å². The van der Waals surface area contributed by atoms with Crippen molar-refractivity contribution in [3.05, 3.63) is 41.0 Å². The Morgan fingerprint density at radius 1 is 1.37 bits per heavy atom. The lowest BCUT2D eigenvalue weighted by Crippen LogP contribution is -2.33. The summed E-state index contributed by atoms with van der Waals surface area (Å²) in [5, 5.41) is 0. The van der Waals surface area contributed by atoms with Crippen LogP contribution in [0.3, 0.4) is 0 Å². The third-order valence-corrected chi connectivity index (χ3v) is 7.00. The Morgan fingerprint density at radius 3 is 2.90 bits per heavy atom. The second-order valence-electron chi connectivity index (χ2n) is 9.45. The standard InChI is InChI=1S/C25H33NO4/c1-16-7-6-11-25(2,3)19(16)9-8-18(27)14-20-22-17(10-12-26(20)4)13-21-23(24(22)28-5)30-15-29-21/h7-9,13,19-20H,6,10-12,14-15H2,1-5H3/b9-8+/t19-,20+/m0/s1. The third kappa shape index (κ3) is 3.76. The Kier molecular flexibility index (Phi) is 5.67. The Balaban J connectivity index is 1.59. The maximum absolute atomic E-state index is 13.0. The van der Waals surface area contributed by atoms with Gasteiger partial charge in [-0.1, -0.05) is 31.6 Å². The second-order valence-corrected chi connectivity index (χ2v) is 9.45. The van der Waals surface area contributed by atoms with Gasteiger partial charge >= 0.3 is 0 Å². The summed E-state index contributed by atoms with van der Waals surface area (Å²) in [6.07, 6.45) is 9.83. The van der Waals surface area contributed by atoms with Crippen molar-refractivity contribution in [2.45, 2.75) is 52.5 Å². The Labute approximate surface area is 179 Å². The average Bonchev–Trinajstić information content (AvgIpc) is 3.16. The summed E-state index contributed by atoms with van der Waals surface area (Å²) in [5.74, 6) is 2.57. The molecule has 0 radical (unpaired) electrons. The van der Waals surface area contributed by atoms with Gasteiger partial charge in [-0.15, -0.1) is 0 Å². The molecule has 3 aliphatic rings. The first-order valence-electron chi connectivity index (χ1n) is 10.9. The zero-order valence-corrected chi connectivity index (χ0v) is 18.8. The molecule has 0 saturated heterocycles. The number of hydrogen-bond acceptors (Lipinski definition) is 5. The summed E-state index contributed by atoms with van der Waals surface area (Å²) in [5.41, 5.74) is 3.80. The summed E-state index contributed by atoms with van der Waals surface area (Å²) in [4.78, 5) is 15.3. The van der Waals surface area contributed by atoms with Crippen molar-refractivity contribution in [2.75, 3.05) is 27.5 Å². The van der Waals surface area contributed by atoms with E-state index in [9.17, 15) is 4.79 Å². The number of hydrogen-bond donors (Lipinski definition) is 0. The predicted octanol–water partition coefficient (Wildman–Crippen LogP) is 4.85. The minimum absolute atomic E-state index is 0.0358. The highest BCUT2D eigenvalue weighted by molar-refractivity contribution is 5.90. The number of rotatable bonds is 5. The molecule has 0 fully saturated rings. The summed E-state index contributed by atoms with van der Waals surface area (Å²) in [6.45, 7) is 7.87. The second kappa shape index (κ2) is 8.10. The van der Waals surface area contributed by atoms with Gasteiger partial charge in [0.25, 0.3) is 0 Å². The average molecular weight is 412 g/mol. The molecule has 2 heterocycles. The van der Waals surface area contributed by atoms with Crippen LogP contribution in [0.5, 0.6) is 17.2 Å². The van der Waals surface area contributed by atoms with Gasteiger partial charge in [0.05, 0.1) is 7.11 Å². The first kappa shape index (κ1) is 21.0. The first-order valence-corrected chi connectivity index (χ1v) is 10.9. The van der Waals surface area contributed by atoms with Crippen LogP contribution in [0.1, 0.15) is 57.2 Å². The molecule has 30 heavy (non-hydrogen) atoms. The van der Waals surface area contributed by atoms with Crippen LogP contribution >= 0.6 is 0 Å². The number of nitrogens with zero attached hydrogens (tertiary/aromatic N) is 1. The number of carbonyl (C=O) groups is 1. The molecule has 0 saturated carbocycles. The number of likely N-dealkylation sites (N-methyl/N-ethyl adjacent to an activating group) is 1. The molecule has 2 atom stereocenters. The van der Waals surface area contributed by atoms with Crippen LogP contribution in [-0.4, -0.2) is 38.2 Å². The van der Waals surface area contributed by atoms with Gasteiger partial charge in [-0.05, 0) is 56.4 Å². The van der Waals surface area contributed by atoms with E-state index in [-0.39, 0.29) is 24.0 Å². The molecule has 0 amide bonds. The predicted molar refractivity (Wildman–Crippen MR) is 117 cm³/mol. The van der Waals surface area contributed by atoms with Gasteiger partial charge in [0.15, 0.2) is 17.3 Å². The van der Waals surface area contributed by atoms with Crippen molar-refractivity contribution < 1.29 is 19.0 Å². The van der Waals surface area contributed by atoms with Gasteiger partial charge in [-0.3, -0.25) is 9.69 Å². The van der Waals surface area contributed by atoms with Crippen molar-refractivity contribution >= 4 is 5.78 Å². The maximum atomic E-state index is 13.0. The lowest BCUT2D eigenvalue weighted by molar-refractivity contribution is -0.115. The maximum Gasteiger partial charge on any atom is 0.231 e. The number of allylic oxidation sites excluding steroid dienone is 4. The molecule has 0 bridgehead atoms. The van der Waals surface area contributed by atoms with Crippen LogP contribution < -0.4 is 14.2 Å². The Morgan fingerprint density at radius 2 is 2.17 bits per heavy atom. The van der Waals surface area contributed by atoms with E-state index in [0.29, 0.717) is 23.8 Å². The van der Waals surface area contributed by atoms with E-state index in [4.69, 9.17) is 14.2 Å². The van der Waals surface area contributed by atoms with Crippen LogP contribution in [0.4, 0.5) is 0 Å². The van der Waals surface area contributed by atoms with E-state index < -0.39 is 0 Å². The topological polar surface area (TPSA) is 48.0 Å².